The summed E-state index contributed by atoms with van der Waals surface area (Å²) in [5.74, 6) is -0.536. The molecule has 230 valence electrons. The lowest BCUT2D eigenvalue weighted by atomic mass is 9.83. The molecule has 1 atom stereocenters. The van der Waals surface area contributed by atoms with Crippen LogP contribution < -0.4 is 11.1 Å². The van der Waals surface area contributed by atoms with Crippen molar-refractivity contribution in [2.45, 2.75) is 84.3 Å². The van der Waals surface area contributed by atoms with Crippen LogP contribution in [0.1, 0.15) is 81.0 Å². The van der Waals surface area contributed by atoms with Crippen LogP contribution in [0.15, 0.2) is 82.0 Å². The van der Waals surface area contributed by atoms with Crippen molar-refractivity contribution in [2.75, 3.05) is 5.32 Å². The second-order valence-electron chi connectivity index (χ2n) is 12.6. The summed E-state index contributed by atoms with van der Waals surface area (Å²) in [6, 6.07) is 23.0. The number of hydrogen-bond acceptors (Lipinski definition) is 6. The smallest absolute Gasteiger partial charge is 0.437 e. The third-order valence-corrected chi connectivity index (χ3v) is 8.17. The molecule has 0 radical (unpaired) electrons. The van der Waals surface area contributed by atoms with Gasteiger partial charge in [-0.05, 0) is 93.3 Å². The SMILES string of the molecule is Cc1c(CCC(=O)OC(C)(C)C)cccc1NC(=O)C(c1ccc(Cn2nc(-c3ccccc3)oc2=O)cc1)C1CCCC1. The zero-order chi connectivity index (χ0) is 31.3. The molecule has 0 saturated heterocycles. The molecule has 1 saturated carbocycles. The highest BCUT2D eigenvalue weighted by atomic mass is 16.6. The molecule has 0 spiro atoms. The van der Waals surface area contributed by atoms with Crippen molar-refractivity contribution in [3.63, 3.8) is 0 Å². The van der Waals surface area contributed by atoms with Crippen molar-refractivity contribution < 1.29 is 18.7 Å². The van der Waals surface area contributed by atoms with Gasteiger partial charge in [0.2, 0.25) is 11.8 Å². The quantitative estimate of drug-likeness (QED) is 0.197. The summed E-state index contributed by atoms with van der Waals surface area (Å²) in [4.78, 5) is 38.6. The largest absolute Gasteiger partial charge is 0.460 e. The van der Waals surface area contributed by atoms with Gasteiger partial charge in [-0.25, -0.2) is 4.79 Å². The first-order valence-corrected chi connectivity index (χ1v) is 15.4. The summed E-state index contributed by atoms with van der Waals surface area (Å²) in [6.45, 7) is 7.83. The summed E-state index contributed by atoms with van der Waals surface area (Å²) in [6.07, 6.45) is 5.06. The van der Waals surface area contributed by atoms with Crippen LogP contribution in [0.3, 0.4) is 0 Å². The molecule has 1 heterocycles. The molecule has 8 heteroatoms. The minimum atomic E-state index is -0.519. The average molecular weight is 596 g/mol. The van der Waals surface area contributed by atoms with Crippen LogP contribution in [0.25, 0.3) is 11.5 Å². The summed E-state index contributed by atoms with van der Waals surface area (Å²) in [5, 5.41) is 7.58. The third-order valence-electron chi connectivity index (χ3n) is 8.17. The van der Waals surface area contributed by atoms with Crippen LogP contribution in [0.2, 0.25) is 0 Å². The predicted molar refractivity (Wildman–Crippen MR) is 170 cm³/mol. The van der Waals surface area contributed by atoms with Crippen LogP contribution in [0.4, 0.5) is 5.69 Å². The predicted octanol–water partition coefficient (Wildman–Crippen LogP) is 7.05. The number of carbonyl (C=O) groups is 2. The van der Waals surface area contributed by atoms with E-state index in [0.717, 1.165) is 59.2 Å². The number of nitrogens with zero attached hydrogens (tertiary/aromatic N) is 2. The molecule has 1 unspecified atom stereocenters. The normalized spacial score (nSPS) is 14.4. The highest BCUT2D eigenvalue weighted by molar-refractivity contribution is 5.97. The Morgan fingerprint density at radius 2 is 1.70 bits per heavy atom. The maximum absolute atomic E-state index is 13.9. The molecule has 0 bridgehead atoms. The molecule has 1 N–H and O–H groups in total. The molecule has 1 aliphatic rings. The molecule has 1 amide bonds. The van der Waals surface area contributed by atoms with E-state index < -0.39 is 11.4 Å². The molecule has 1 fully saturated rings. The summed E-state index contributed by atoms with van der Waals surface area (Å²) >= 11 is 0. The Hall–Kier alpha value is -4.46. The van der Waals surface area contributed by atoms with Crippen molar-refractivity contribution in [2.24, 2.45) is 5.92 Å². The summed E-state index contributed by atoms with van der Waals surface area (Å²) < 4.78 is 12.2. The zero-order valence-corrected chi connectivity index (χ0v) is 26.0. The van der Waals surface area contributed by atoms with E-state index in [9.17, 15) is 14.4 Å². The average Bonchev–Trinajstić information content (AvgIpc) is 3.64. The van der Waals surface area contributed by atoms with Crippen LogP contribution >= 0.6 is 0 Å². The van der Waals surface area contributed by atoms with Gasteiger partial charge in [-0.3, -0.25) is 9.59 Å². The standard InChI is InChI=1S/C36H41N3O5/c1-24-26(21-22-31(40)44-36(2,3)4)15-10-16-30(24)37-33(41)32(27-11-8-9-12-27)28-19-17-25(18-20-28)23-39-35(42)43-34(38-39)29-13-6-5-7-14-29/h5-7,10,13-20,27,32H,8-9,11-12,21-23H2,1-4H3,(H,37,41). The fraction of sp³-hybridized carbons (Fsp3) is 0.389. The zero-order valence-electron chi connectivity index (χ0n) is 26.0. The highest BCUT2D eigenvalue weighted by Crippen LogP contribution is 2.38. The van der Waals surface area contributed by atoms with Gasteiger partial charge in [0.25, 0.3) is 0 Å². The number of aromatic nitrogens is 2. The Morgan fingerprint density at radius 3 is 2.39 bits per heavy atom. The Morgan fingerprint density at radius 1 is 1.00 bits per heavy atom. The highest BCUT2D eigenvalue weighted by Gasteiger charge is 2.32. The third kappa shape index (κ3) is 7.73. The first-order valence-electron chi connectivity index (χ1n) is 15.4. The van der Waals surface area contributed by atoms with Gasteiger partial charge in [0, 0.05) is 17.7 Å². The first kappa shape index (κ1) is 31.0. The van der Waals surface area contributed by atoms with E-state index in [-0.39, 0.29) is 42.6 Å². The Kier molecular flexibility index (Phi) is 9.47. The first-order chi connectivity index (χ1) is 21.1. The molecule has 0 aliphatic heterocycles. The molecular formula is C36H41N3O5. The van der Waals surface area contributed by atoms with E-state index in [0.29, 0.717) is 6.42 Å². The van der Waals surface area contributed by atoms with Crippen molar-refractivity contribution >= 4 is 17.6 Å². The molecule has 8 nitrogen and oxygen atoms in total. The molecule has 3 aromatic carbocycles. The molecule has 4 aromatic rings. The van der Waals surface area contributed by atoms with Crippen molar-refractivity contribution in [1.29, 1.82) is 0 Å². The topological polar surface area (TPSA) is 103 Å². The van der Waals surface area contributed by atoms with Gasteiger partial charge in [-0.2, -0.15) is 4.68 Å². The lowest BCUT2D eigenvalue weighted by Gasteiger charge is -2.24. The van der Waals surface area contributed by atoms with Crippen LogP contribution in [0.5, 0.6) is 0 Å². The van der Waals surface area contributed by atoms with Gasteiger partial charge in [-0.15, -0.1) is 5.10 Å². The van der Waals surface area contributed by atoms with Gasteiger partial charge >= 0.3 is 11.7 Å². The van der Waals surface area contributed by atoms with Crippen molar-refractivity contribution in [3.05, 3.63) is 106 Å². The summed E-state index contributed by atoms with van der Waals surface area (Å²) in [5.41, 5.74) is 4.79. The van der Waals surface area contributed by atoms with Gasteiger partial charge in [0.1, 0.15) is 5.60 Å². The van der Waals surface area contributed by atoms with Crippen LogP contribution in [-0.4, -0.2) is 27.3 Å². The Labute approximate surface area is 258 Å². The van der Waals surface area contributed by atoms with Crippen LogP contribution in [0, 0.1) is 12.8 Å². The number of aryl methyl sites for hydroxylation is 1. The number of nitrogens with one attached hydrogen (secondary N) is 1. The number of rotatable bonds is 10. The lowest BCUT2D eigenvalue weighted by molar-refractivity contribution is -0.154. The van der Waals surface area contributed by atoms with Gasteiger partial charge in [-0.1, -0.05) is 67.4 Å². The maximum atomic E-state index is 13.9. The van der Waals surface area contributed by atoms with Gasteiger partial charge < -0.3 is 14.5 Å². The lowest BCUT2D eigenvalue weighted by Crippen LogP contribution is -2.27. The van der Waals surface area contributed by atoms with Crippen molar-refractivity contribution in [3.8, 4) is 11.5 Å². The number of ether oxygens (including phenoxy) is 1. The second kappa shape index (κ2) is 13.5. The molecule has 5 rings (SSSR count). The molecule has 1 aromatic heterocycles. The van der Waals surface area contributed by atoms with Gasteiger partial charge in [0.05, 0.1) is 12.5 Å². The number of carbonyl (C=O) groups excluding carboxylic acids is 2. The van der Waals surface area contributed by atoms with E-state index >= 15 is 0 Å². The second-order valence-corrected chi connectivity index (χ2v) is 12.6. The fourth-order valence-electron chi connectivity index (χ4n) is 5.96. The number of benzene rings is 3. The van der Waals surface area contributed by atoms with E-state index in [2.05, 4.69) is 10.4 Å². The maximum Gasteiger partial charge on any atom is 0.437 e. The van der Waals surface area contributed by atoms with E-state index in [4.69, 9.17) is 9.15 Å². The minimum Gasteiger partial charge on any atom is -0.460 e. The molecular weight excluding hydrogens is 554 g/mol. The number of amides is 1. The van der Waals surface area contributed by atoms with E-state index in [1.165, 1.54) is 4.68 Å². The monoisotopic (exact) mass is 595 g/mol. The summed E-state index contributed by atoms with van der Waals surface area (Å²) in [7, 11) is 0. The van der Waals surface area contributed by atoms with E-state index in [1.54, 1.807) is 0 Å². The van der Waals surface area contributed by atoms with Crippen LogP contribution in [-0.2, 0) is 27.3 Å². The van der Waals surface area contributed by atoms with Crippen molar-refractivity contribution in [1.82, 2.24) is 9.78 Å². The molecule has 1 aliphatic carbocycles. The number of hydrogen-bond donors (Lipinski definition) is 1. The molecule has 44 heavy (non-hydrogen) atoms. The Balaban J connectivity index is 1.30. The number of anilines is 1. The van der Waals surface area contributed by atoms with E-state index in [1.807, 2.05) is 100 Å². The fourth-order valence-corrected chi connectivity index (χ4v) is 5.96. The minimum absolute atomic E-state index is 0.0303. The van der Waals surface area contributed by atoms with Gasteiger partial charge in [0.15, 0.2) is 0 Å². The Bertz CT molecular complexity index is 1640. The number of esters is 1.